The first-order chi connectivity index (χ1) is 8.40. The smallest absolute Gasteiger partial charge is 0.330 e. The molecule has 0 saturated carbocycles. The molecule has 1 saturated heterocycles. The van der Waals surface area contributed by atoms with E-state index in [1.807, 2.05) is 0 Å². The second-order valence-electron chi connectivity index (χ2n) is 5.22. The molecule has 1 fully saturated rings. The predicted molar refractivity (Wildman–Crippen MR) is 66.4 cm³/mol. The molecular weight excluding hydrogens is 243 g/mol. The third kappa shape index (κ3) is 6.56. The maximum atomic E-state index is 12.2. The summed E-state index contributed by atoms with van der Waals surface area (Å²) in [6.07, 6.45) is -1.89. The van der Waals surface area contributed by atoms with Gasteiger partial charge in [0.05, 0.1) is 6.54 Å². The van der Waals surface area contributed by atoms with Gasteiger partial charge in [-0.05, 0) is 31.8 Å². The summed E-state index contributed by atoms with van der Waals surface area (Å²) in [6.45, 7) is 5.56. The number of halogens is 3. The molecule has 0 bridgehead atoms. The zero-order valence-electron chi connectivity index (χ0n) is 11.0. The standard InChI is InChI=1S/C12H24F3N3/c1-11(9-16)3-2-4-17-5-7-18(8-6-17)10-12(13,14)15/h11H,2-10,16H2,1H3. The highest BCUT2D eigenvalue weighted by Gasteiger charge is 2.31. The van der Waals surface area contributed by atoms with Crippen molar-refractivity contribution in [3.63, 3.8) is 0 Å². The van der Waals surface area contributed by atoms with Crippen molar-refractivity contribution in [1.82, 2.24) is 9.80 Å². The van der Waals surface area contributed by atoms with Crippen LogP contribution in [-0.4, -0.2) is 61.8 Å². The number of rotatable bonds is 6. The Bertz CT molecular complexity index is 225. The fourth-order valence-electron chi connectivity index (χ4n) is 2.21. The lowest BCUT2D eigenvalue weighted by Gasteiger charge is -2.35. The fraction of sp³-hybridized carbons (Fsp3) is 1.00. The molecule has 1 atom stereocenters. The van der Waals surface area contributed by atoms with Crippen molar-refractivity contribution >= 4 is 0 Å². The number of hydrogen-bond acceptors (Lipinski definition) is 3. The van der Waals surface area contributed by atoms with Crippen LogP contribution in [0.4, 0.5) is 13.2 Å². The van der Waals surface area contributed by atoms with E-state index >= 15 is 0 Å². The van der Waals surface area contributed by atoms with Gasteiger partial charge in [0, 0.05) is 26.2 Å². The number of piperazine rings is 1. The third-order valence-corrected chi connectivity index (χ3v) is 3.44. The van der Waals surface area contributed by atoms with E-state index in [-0.39, 0.29) is 0 Å². The van der Waals surface area contributed by atoms with Gasteiger partial charge in [0.15, 0.2) is 0 Å². The summed E-state index contributed by atoms with van der Waals surface area (Å²) in [5.74, 6) is 0.538. The minimum absolute atomic E-state index is 0.520. The van der Waals surface area contributed by atoms with Crippen molar-refractivity contribution in [1.29, 1.82) is 0 Å². The van der Waals surface area contributed by atoms with Crippen LogP contribution in [0.1, 0.15) is 19.8 Å². The Labute approximate surface area is 107 Å². The average molecular weight is 267 g/mol. The van der Waals surface area contributed by atoms with Crippen LogP contribution in [0.5, 0.6) is 0 Å². The van der Waals surface area contributed by atoms with Gasteiger partial charge in [-0.3, -0.25) is 4.90 Å². The van der Waals surface area contributed by atoms with Gasteiger partial charge in [0.25, 0.3) is 0 Å². The maximum absolute atomic E-state index is 12.2. The third-order valence-electron chi connectivity index (χ3n) is 3.44. The van der Waals surface area contributed by atoms with Gasteiger partial charge >= 0.3 is 6.18 Å². The zero-order valence-corrected chi connectivity index (χ0v) is 11.0. The SMILES string of the molecule is CC(CN)CCCN1CCN(CC(F)(F)F)CC1. The monoisotopic (exact) mass is 267 g/mol. The summed E-state index contributed by atoms with van der Waals surface area (Å²) >= 11 is 0. The van der Waals surface area contributed by atoms with Crippen LogP contribution < -0.4 is 5.73 Å². The van der Waals surface area contributed by atoms with E-state index < -0.39 is 12.7 Å². The molecule has 108 valence electrons. The molecule has 18 heavy (non-hydrogen) atoms. The highest BCUT2D eigenvalue weighted by molar-refractivity contribution is 4.74. The Morgan fingerprint density at radius 2 is 1.67 bits per heavy atom. The maximum Gasteiger partial charge on any atom is 0.401 e. The lowest BCUT2D eigenvalue weighted by molar-refractivity contribution is -0.149. The molecule has 2 N–H and O–H groups in total. The summed E-state index contributed by atoms with van der Waals surface area (Å²) in [4.78, 5) is 3.73. The van der Waals surface area contributed by atoms with Crippen molar-refractivity contribution < 1.29 is 13.2 Å². The number of nitrogens with two attached hydrogens (primary N) is 1. The first-order valence-electron chi connectivity index (χ1n) is 6.62. The molecule has 3 nitrogen and oxygen atoms in total. The summed E-state index contributed by atoms with van der Waals surface area (Å²) in [6, 6.07) is 0. The molecule has 0 aliphatic carbocycles. The normalized spacial score (nSPS) is 21.2. The van der Waals surface area contributed by atoms with E-state index in [1.165, 1.54) is 4.90 Å². The Balaban J connectivity index is 2.12. The van der Waals surface area contributed by atoms with Gasteiger partial charge in [0.2, 0.25) is 0 Å². The van der Waals surface area contributed by atoms with Crippen LogP contribution >= 0.6 is 0 Å². The Hall–Kier alpha value is -0.330. The quantitative estimate of drug-likeness (QED) is 0.792. The lowest BCUT2D eigenvalue weighted by Crippen LogP contribution is -2.49. The van der Waals surface area contributed by atoms with Gasteiger partial charge in [-0.2, -0.15) is 13.2 Å². The van der Waals surface area contributed by atoms with Crippen molar-refractivity contribution in [2.24, 2.45) is 11.7 Å². The largest absolute Gasteiger partial charge is 0.401 e. The molecule has 0 aromatic carbocycles. The minimum atomic E-state index is -4.07. The van der Waals surface area contributed by atoms with E-state index in [0.29, 0.717) is 25.6 Å². The summed E-state index contributed by atoms with van der Waals surface area (Å²) < 4.78 is 36.6. The molecular formula is C12H24F3N3. The topological polar surface area (TPSA) is 32.5 Å². The Kier molecular flexibility index (Phi) is 6.38. The van der Waals surface area contributed by atoms with Crippen molar-refractivity contribution in [3.8, 4) is 0 Å². The van der Waals surface area contributed by atoms with Crippen molar-refractivity contribution in [2.75, 3.05) is 45.8 Å². The first kappa shape index (κ1) is 15.7. The zero-order chi connectivity index (χ0) is 13.6. The van der Waals surface area contributed by atoms with Crippen LogP contribution in [0.2, 0.25) is 0 Å². The van der Waals surface area contributed by atoms with Crippen LogP contribution in [-0.2, 0) is 0 Å². The van der Waals surface area contributed by atoms with Crippen molar-refractivity contribution in [2.45, 2.75) is 25.9 Å². The summed E-state index contributed by atoms with van der Waals surface area (Å²) in [7, 11) is 0. The van der Waals surface area contributed by atoms with Crippen LogP contribution in [0.15, 0.2) is 0 Å². The van der Waals surface area contributed by atoms with E-state index in [2.05, 4.69) is 11.8 Å². The highest BCUT2D eigenvalue weighted by Crippen LogP contribution is 2.17. The second kappa shape index (κ2) is 7.31. The first-order valence-corrected chi connectivity index (χ1v) is 6.62. The van der Waals surface area contributed by atoms with E-state index in [9.17, 15) is 13.2 Å². The number of alkyl halides is 3. The van der Waals surface area contributed by atoms with E-state index in [0.717, 1.165) is 32.5 Å². The molecule has 1 unspecified atom stereocenters. The molecule has 1 aliphatic rings. The van der Waals surface area contributed by atoms with E-state index in [1.54, 1.807) is 0 Å². The summed E-state index contributed by atoms with van der Waals surface area (Å²) in [5.41, 5.74) is 5.54. The van der Waals surface area contributed by atoms with Gasteiger partial charge in [-0.15, -0.1) is 0 Å². The van der Waals surface area contributed by atoms with Crippen LogP contribution in [0.25, 0.3) is 0 Å². The van der Waals surface area contributed by atoms with Gasteiger partial charge in [-0.1, -0.05) is 6.92 Å². The molecule has 6 heteroatoms. The fourth-order valence-corrected chi connectivity index (χ4v) is 2.21. The molecule has 0 aromatic rings. The molecule has 0 aromatic heterocycles. The van der Waals surface area contributed by atoms with E-state index in [4.69, 9.17) is 5.73 Å². The molecule has 1 aliphatic heterocycles. The van der Waals surface area contributed by atoms with Crippen LogP contribution in [0, 0.1) is 5.92 Å². The minimum Gasteiger partial charge on any atom is -0.330 e. The molecule has 0 spiro atoms. The van der Waals surface area contributed by atoms with Gasteiger partial charge in [-0.25, -0.2) is 0 Å². The number of hydrogen-bond donors (Lipinski definition) is 1. The Morgan fingerprint density at radius 1 is 1.11 bits per heavy atom. The lowest BCUT2D eigenvalue weighted by atomic mass is 10.1. The number of nitrogens with zero attached hydrogens (tertiary/aromatic N) is 2. The second-order valence-corrected chi connectivity index (χ2v) is 5.22. The molecule has 0 amide bonds. The summed E-state index contributed by atoms with van der Waals surface area (Å²) in [5, 5.41) is 0. The van der Waals surface area contributed by atoms with Crippen molar-refractivity contribution in [3.05, 3.63) is 0 Å². The predicted octanol–water partition coefficient (Wildman–Crippen LogP) is 1.54. The van der Waals surface area contributed by atoms with Gasteiger partial charge < -0.3 is 10.6 Å². The van der Waals surface area contributed by atoms with Crippen LogP contribution in [0.3, 0.4) is 0 Å². The molecule has 1 rings (SSSR count). The van der Waals surface area contributed by atoms with Gasteiger partial charge in [0.1, 0.15) is 0 Å². The average Bonchev–Trinajstić information content (AvgIpc) is 2.29. The molecule has 1 heterocycles. The molecule has 0 radical (unpaired) electrons. The highest BCUT2D eigenvalue weighted by atomic mass is 19.4. The Morgan fingerprint density at radius 3 is 2.17 bits per heavy atom.